The van der Waals surface area contributed by atoms with E-state index in [1.54, 1.807) is 11.8 Å². The Morgan fingerprint density at radius 2 is 1.33 bits per heavy atom. The van der Waals surface area contributed by atoms with E-state index in [0.29, 0.717) is 32.2 Å². The Balaban J connectivity index is 2.32. The number of carbonyl (C=O) groups is 10. The average Bonchev–Trinajstić information content (AvgIpc) is 3.71. The number of nitrogens with one attached hydrogen (secondary N) is 4. The number of likely N-dealkylation sites (tertiary alicyclic amines) is 1. The van der Waals surface area contributed by atoms with Crippen molar-refractivity contribution in [1.29, 1.82) is 0 Å². The standard InChI is InChI=1S/C53H92F2N10O11/c1-13-15-22-65(45(69)27-36(7)67)31-47(71)61(10)37(8)48(72)58-40(21-19-20-38-29-53(54,55)33-56-38)50(74)60(9)30-46(70)63(12)43(14-2)49(73)59-42(52(76)64-23-17-16-18-24-64)28-44(68)57-41(26-35(5)6)51(75)62(11)39(32-66)25-34(3)4/h32,34-43,56,67H,13-31,33H2,1-12H3,(H,57,68)(H,58,72)(H,59,73)/t36?,37-,38+,39-,40-,41?,42?,43-/m0/s1. The van der Waals surface area contributed by atoms with Crippen LogP contribution in [0.2, 0.25) is 0 Å². The highest BCUT2D eigenvalue weighted by Crippen LogP contribution is 2.28. The fourth-order valence-corrected chi connectivity index (χ4v) is 9.41. The number of rotatable bonds is 32. The summed E-state index contributed by atoms with van der Waals surface area (Å²) in [5.74, 6) is -8.40. The van der Waals surface area contributed by atoms with Gasteiger partial charge < -0.3 is 60.6 Å². The maximum absolute atomic E-state index is 14.2. The molecule has 434 valence electrons. The summed E-state index contributed by atoms with van der Waals surface area (Å²) >= 11 is 0. The molecule has 2 rings (SSSR count). The molecule has 0 spiro atoms. The second-order valence-electron chi connectivity index (χ2n) is 21.8. The second kappa shape index (κ2) is 32.4. The van der Waals surface area contributed by atoms with Crippen molar-refractivity contribution in [3.8, 4) is 0 Å². The number of aliphatic hydroxyl groups is 1. The predicted molar refractivity (Wildman–Crippen MR) is 282 cm³/mol. The smallest absolute Gasteiger partial charge is 0.261 e. The molecule has 8 atom stereocenters. The van der Waals surface area contributed by atoms with Gasteiger partial charge in [-0.15, -0.1) is 0 Å². The number of aldehydes is 1. The van der Waals surface area contributed by atoms with Crippen molar-refractivity contribution in [2.45, 2.75) is 200 Å². The van der Waals surface area contributed by atoms with Crippen LogP contribution in [0.4, 0.5) is 8.78 Å². The number of piperidine rings is 1. The molecule has 3 unspecified atom stereocenters. The van der Waals surface area contributed by atoms with Crippen molar-refractivity contribution in [1.82, 2.24) is 50.7 Å². The maximum atomic E-state index is 14.2. The van der Waals surface area contributed by atoms with Crippen molar-refractivity contribution in [2.24, 2.45) is 11.8 Å². The zero-order chi connectivity index (χ0) is 57.6. The van der Waals surface area contributed by atoms with Gasteiger partial charge in [0, 0.05) is 60.3 Å². The van der Waals surface area contributed by atoms with Crippen LogP contribution in [-0.4, -0.2) is 216 Å². The number of likely N-dealkylation sites (N-methyl/N-ethyl adjacent to an activating group) is 4. The first-order valence-corrected chi connectivity index (χ1v) is 27.3. The zero-order valence-corrected chi connectivity index (χ0v) is 47.5. The summed E-state index contributed by atoms with van der Waals surface area (Å²) in [4.78, 5) is 144. The molecular formula is C53H92F2N10O11. The Kier molecular flexibility index (Phi) is 28.5. The van der Waals surface area contributed by atoms with Crippen LogP contribution in [0, 0.1) is 11.8 Å². The maximum Gasteiger partial charge on any atom is 0.261 e. The normalized spacial score (nSPS) is 18.0. The molecule has 2 heterocycles. The average molecular weight is 1080 g/mol. The van der Waals surface area contributed by atoms with E-state index >= 15 is 0 Å². The summed E-state index contributed by atoms with van der Waals surface area (Å²) in [6.45, 7) is 13.7. The summed E-state index contributed by atoms with van der Waals surface area (Å²) < 4.78 is 28.0. The van der Waals surface area contributed by atoms with Gasteiger partial charge in [0.1, 0.15) is 36.5 Å². The highest BCUT2D eigenvalue weighted by molar-refractivity contribution is 5.97. The lowest BCUT2D eigenvalue weighted by Crippen LogP contribution is -2.58. The first-order chi connectivity index (χ1) is 35.6. The van der Waals surface area contributed by atoms with Crippen molar-refractivity contribution in [2.75, 3.05) is 67.5 Å². The lowest BCUT2D eigenvalue weighted by molar-refractivity contribution is -0.146. The molecule has 0 aromatic heterocycles. The van der Waals surface area contributed by atoms with Crippen molar-refractivity contribution in [3.63, 3.8) is 0 Å². The van der Waals surface area contributed by atoms with E-state index in [1.165, 1.54) is 51.8 Å². The van der Waals surface area contributed by atoms with Crippen molar-refractivity contribution >= 4 is 59.5 Å². The van der Waals surface area contributed by atoms with E-state index < -0.39 is 133 Å². The quantitative estimate of drug-likeness (QED) is 0.0607. The number of halogens is 2. The van der Waals surface area contributed by atoms with E-state index in [-0.39, 0.29) is 63.5 Å². The Morgan fingerprint density at radius 1 is 0.724 bits per heavy atom. The molecule has 76 heavy (non-hydrogen) atoms. The molecule has 9 amide bonds. The molecule has 0 aromatic carbocycles. The number of nitrogens with zero attached hydrogens (tertiary/aromatic N) is 6. The lowest BCUT2D eigenvalue weighted by Gasteiger charge is -2.34. The monoisotopic (exact) mass is 1080 g/mol. The van der Waals surface area contributed by atoms with Gasteiger partial charge in [0.2, 0.25) is 53.2 Å². The molecule has 2 fully saturated rings. The van der Waals surface area contributed by atoms with Gasteiger partial charge in [-0.25, -0.2) is 8.78 Å². The number of carbonyl (C=O) groups excluding carboxylic acids is 10. The SMILES string of the molecule is CCCCN(CC(=O)N(C)[C@@H](C)C(=O)N[C@@H](CCC[C@@H]1CC(F)(F)CN1)C(=O)N(C)CC(=O)N(C)[C@@H](CC)C(=O)NC(CC(=O)NC(CC(C)C)C(=O)N(C)[C@H](C=O)CC(C)C)C(=O)N1CCCCC1)C(=O)CC(C)O. The third-order valence-electron chi connectivity index (χ3n) is 14.2. The second-order valence-corrected chi connectivity index (χ2v) is 21.8. The minimum atomic E-state index is -2.89. The van der Waals surface area contributed by atoms with Crippen LogP contribution in [0.5, 0.6) is 0 Å². The number of amides is 9. The first-order valence-electron chi connectivity index (χ1n) is 27.3. The molecule has 21 nitrogen and oxygen atoms in total. The summed E-state index contributed by atoms with van der Waals surface area (Å²) in [6.07, 6.45) is 3.45. The fourth-order valence-electron chi connectivity index (χ4n) is 9.41. The fraction of sp³-hybridized carbons (Fsp3) is 0.811. The van der Waals surface area contributed by atoms with Gasteiger partial charge in [0.15, 0.2) is 0 Å². The van der Waals surface area contributed by atoms with Crippen LogP contribution in [0.1, 0.15) is 145 Å². The molecule has 2 saturated heterocycles. The van der Waals surface area contributed by atoms with E-state index in [0.717, 1.165) is 40.4 Å². The lowest BCUT2D eigenvalue weighted by atomic mass is 9.99. The minimum Gasteiger partial charge on any atom is -0.393 e. The molecular weight excluding hydrogens is 991 g/mol. The van der Waals surface area contributed by atoms with Crippen LogP contribution in [0.25, 0.3) is 0 Å². The summed E-state index contributed by atoms with van der Waals surface area (Å²) in [5.41, 5.74) is 0. The zero-order valence-electron chi connectivity index (χ0n) is 47.5. The van der Waals surface area contributed by atoms with Crippen molar-refractivity contribution < 1.29 is 61.8 Å². The number of unbranched alkanes of at least 4 members (excludes halogenated alkanes) is 1. The van der Waals surface area contributed by atoms with Gasteiger partial charge >= 0.3 is 0 Å². The van der Waals surface area contributed by atoms with Crippen molar-refractivity contribution in [3.05, 3.63) is 0 Å². The van der Waals surface area contributed by atoms with Crippen LogP contribution < -0.4 is 21.3 Å². The topological polar surface area (TPSA) is 258 Å². The summed E-state index contributed by atoms with van der Waals surface area (Å²) in [7, 11) is 5.56. The van der Waals surface area contributed by atoms with E-state index in [2.05, 4.69) is 21.3 Å². The third kappa shape index (κ3) is 22.0. The molecule has 0 radical (unpaired) electrons. The van der Waals surface area contributed by atoms with Gasteiger partial charge in [-0.05, 0) is 89.9 Å². The minimum absolute atomic E-state index is 0.0216. The molecule has 23 heteroatoms. The first kappa shape index (κ1) is 66.8. The molecule has 2 aliphatic heterocycles. The highest BCUT2D eigenvalue weighted by Gasteiger charge is 2.40. The molecule has 0 aliphatic carbocycles. The van der Waals surface area contributed by atoms with Gasteiger partial charge in [-0.1, -0.05) is 48.0 Å². The number of hydrogen-bond donors (Lipinski definition) is 5. The Bertz CT molecular complexity index is 1950. The largest absolute Gasteiger partial charge is 0.393 e. The molecule has 2 aliphatic rings. The molecule has 0 saturated carbocycles. The number of alkyl halides is 2. The summed E-state index contributed by atoms with van der Waals surface area (Å²) in [6, 6.07) is -7.30. The molecule has 0 bridgehead atoms. The number of hydrogen-bond acceptors (Lipinski definition) is 12. The Labute approximate surface area is 449 Å². The van der Waals surface area contributed by atoms with Gasteiger partial charge in [-0.3, -0.25) is 43.2 Å². The molecule has 0 aromatic rings. The Hall–Kier alpha value is -5.32. The highest BCUT2D eigenvalue weighted by atomic mass is 19.3. The van der Waals surface area contributed by atoms with E-state index in [4.69, 9.17) is 0 Å². The van der Waals surface area contributed by atoms with Gasteiger partial charge in [-0.2, -0.15) is 0 Å². The van der Waals surface area contributed by atoms with Gasteiger partial charge in [0.05, 0.1) is 44.6 Å². The summed E-state index contributed by atoms with van der Waals surface area (Å²) in [5, 5.41) is 20.7. The van der Waals surface area contributed by atoms with Crippen LogP contribution in [0.3, 0.4) is 0 Å². The van der Waals surface area contributed by atoms with E-state index in [1.807, 2.05) is 34.6 Å². The van der Waals surface area contributed by atoms with E-state index in [9.17, 15) is 61.8 Å². The van der Waals surface area contributed by atoms with Crippen LogP contribution >= 0.6 is 0 Å². The number of aliphatic hydroxyl groups excluding tert-OH is 1. The predicted octanol–water partition coefficient (Wildman–Crippen LogP) is 2.07. The molecule has 5 N–H and O–H groups in total. The Morgan fingerprint density at radius 3 is 1.87 bits per heavy atom. The van der Waals surface area contributed by atoms with Crippen LogP contribution in [0.15, 0.2) is 0 Å². The van der Waals surface area contributed by atoms with Gasteiger partial charge in [0.25, 0.3) is 5.92 Å². The third-order valence-corrected chi connectivity index (χ3v) is 14.2. The van der Waals surface area contributed by atoms with Crippen LogP contribution in [-0.2, 0) is 47.9 Å².